The molecule has 0 bridgehead atoms. The van der Waals surface area contributed by atoms with Crippen LogP contribution in [0.4, 0.5) is 0 Å². The zero-order valence-electron chi connectivity index (χ0n) is 15.4. The monoisotopic (exact) mass is 343 g/mol. The molecule has 0 aliphatic rings. The lowest BCUT2D eigenvalue weighted by Gasteiger charge is -2.21. The van der Waals surface area contributed by atoms with Gasteiger partial charge < -0.3 is 20.5 Å². The molecule has 0 radical (unpaired) electrons. The molecule has 0 aliphatic carbocycles. The zero-order chi connectivity index (χ0) is 18.2. The number of carbonyl (C=O) groups excluding carboxylic acids is 1. The molecule has 2 rings (SSSR count). The molecule has 136 valence electrons. The van der Waals surface area contributed by atoms with Gasteiger partial charge in [0.05, 0.1) is 18.1 Å². The Balaban J connectivity index is 1.78. The van der Waals surface area contributed by atoms with E-state index in [1.807, 2.05) is 36.0 Å². The highest BCUT2D eigenvalue weighted by molar-refractivity contribution is 5.81. The summed E-state index contributed by atoms with van der Waals surface area (Å²) >= 11 is 0. The Labute approximate surface area is 150 Å². The fourth-order valence-electron chi connectivity index (χ4n) is 2.46. The van der Waals surface area contributed by atoms with Crippen molar-refractivity contribution in [1.82, 2.24) is 19.8 Å². The van der Waals surface area contributed by atoms with Crippen LogP contribution in [0.2, 0.25) is 0 Å². The Bertz CT molecular complexity index is 653. The summed E-state index contributed by atoms with van der Waals surface area (Å²) in [6.07, 6.45) is 4.17. The van der Waals surface area contributed by atoms with E-state index < -0.39 is 6.04 Å². The summed E-state index contributed by atoms with van der Waals surface area (Å²) in [7, 11) is 2.04. The summed E-state index contributed by atoms with van der Waals surface area (Å²) in [5, 5.41) is 2.89. The van der Waals surface area contributed by atoms with Gasteiger partial charge in [-0.2, -0.15) is 0 Å². The molecule has 0 fully saturated rings. The first kappa shape index (κ1) is 19.1. The lowest BCUT2D eigenvalue weighted by molar-refractivity contribution is -0.122. The molecule has 25 heavy (non-hydrogen) atoms. The van der Waals surface area contributed by atoms with Crippen molar-refractivity contribution in [2.45, 2.75) is 38.9 Å². The number of nitrogens with zero attached hydrogens (tertiary/aromatic N) is 3. The quantitative estimate of drug-likeness (QED) is 0.719. The van der Waals surface area contributed by atoms with Gasteiger partial charge in [-0.15, -0.1) is 0 Å². The number of aromatic nitrogens is 2. The molecule has 1 amide bonds. The molecule has 0 saturated carbocycles. The summed E-state index contributed by atoms with van der Waals surface area (Å²) < 4.78 is 2.01. The Morgan fingerprint density at radius 1 is 1.32 bits per heavy atom. The predicted octanol–water partition coefficient (Wildman–Crippen LogP) is 1.26. The van der Waals surface area contributed by atoms with E-state index in [9.17, 15) is 4.79 Å². The highest BCUT2D eigenvalue weighted by Crippen LogP contribution is 2.05. The van der Waals surface area contributed by atoms with Gasteiger partial charge in [0.15, 0.2) is 0 Å². The second-order valence-corrected chi connectivity index (χ2v) is 6.70. The van der Waals surface area contributed by atoms with Crippen molar-refractivity contribution < 1.29 is 4.79 Å². The van der Waals surface area contributed by atoms with Crippen molar-refractivity contribution >= 4 is 5.91 Å². The van der Waals surface area contributed by atoms with Crippen LogP contribution in [-0.2, 0) is 17.8 Å². The summed E-state index contributed by atoms with van der Waals surface area (Å²) in [6, 6.07) is 10.1. The Hall–Kier alpha value is -2.18. The van der Waals surface area contributed by atoms with E-state index in [0.29, 0.717) is 19.0 Å². The second kappa shape index (κ2) is 9.34. The minimum absolute atomic E-state index is 0.130. The van der Waals surface area contributed by atoms with Gasteiger partial charge in [-0.25, -0.2) is 4.98 Å². The summed E-state index contributed by atoms with van der Waals surface area (Å²) in [5.41, 5.74) is 8.06. The van der Waals surface area contributed by atoms with Gasteiger partial charge >= 0.3 is 0 Å². The van der Waals surface area contributed by atoms with Crippen LogP contribution in [0, 0.1) is 0 Å². The molecule has 1 aromatic carbocycles. The fraction of sp³-hybridized carbons (Fsp3) is 0.474. The summed E-state index contributed by atoms with van der Waals surface area (Å²) in [4.78, 5) is 18.6. The smallest absolute Gasteiger partial charge is 0.237 e. The van der Waals surface area contributed by atoms with E-state index in [4.69, 9.17) is 5.73 Å². The van der Waals surface area contributed by atoms with E-state index in [-0.39, 0.29) is 5.91 Å². The van der Waals surface area contributed by atoms with E-state index in [1.165, 1.54) is 5.56 Å². The molecule has 1 heterocycles. The topological polar surface area (TPSA) is 76.2 Å². The lowest BCUT2D eigenvalue weighted by Crippen LogP contribution is -2.45. The SMILES string of the molecule is CC(C)N(C)CCNC(=O)[C@@H](N)Cc1cn(Cc2ccccc2)cn1. The van der Waals surface area contributed by atoms with Crippen LogP contribution in [0.15, 0.2) is 42.9 Å². The molecule has 0 spiro atoms. The number of benzene rings is 1. The molecule has 0 unspecified atom stereocenters. The van der Waals surface area contributed by atoms with Crippen molar-refractivity contribution in [3.63, 3.8) is 0 Å². The van der Waals surface area contributed by atoms with Crippen LogP contribution in [0.1, 0.15) is 25.1 Å². The number of carbonyl (C=O) groups is 1. The van der Waals surface area contributed by atoms with Crippen LogP contribution in [0.3, 0.4) is 0 Å². The fourth-order valence-corrected chi connectivity index (χ4v) is 2.46. The molecule has 3 N–H and O–H groups in total. The maximum Gasteiger partial charge on any atom is 0.237 e. The Kier molecular flexibility index (Phi) is 7.16. The lowest BCUT2D eigenvalue weighted by atomic mass is 10.1. The number of nitrogens with two attached hydrogens (primary N) is 1. The third-order valence-electron chi connectivity index (χ3n) is 4.31. The molecule has 0 aliphatic heterocycles. The van der Waals surface area contributed by atoms with Gasteiger partial charge in [0, 0.05) is 38.3 Å². The van der Waals surface area contributed by atoms with E-state index in [0.717, 1.165) is 18.8 Å². The van der Waals surface area contributed by atoms with Gasteiger partial charge in [-0.1, -0.05) is 30.3 Å². The highest BCUT2D eigenvalue weighted by Gasteiger charge is 2.15. The number of likely N-dealkylation sites (N-methyl/N-ethyl adjacent to an activating group) is 1. The third-order valence-corrected chi connectivity index (χ3v) is 4.31. The highest BCUT2D eigenvalue weighted by atomic mass is 16.2. The van der Waals surface area contributed by atoms with E-state index in [2.05, 4.69) is 41.2 Å². The van der Waals surface area contributed by atoms with Gasteiger partial charge in [0.2, 0.25) is 5.91 Å². The van der Waals surface area contributed by atoms with Gasteiger partial charge in [0.25, 0.3) is 0 Å². The second-order valence-electron chi connectivity index (χ2n) is 6.70. The minimum Gasteiger partial charge on any atom is -0.353 e. The average Bonchev–Trinajstić information content (AvgIpc) is 3.02. The number of imidazole rings is 1. The minimum atomic E-state index is -0.579. The van der Waals surface area contributed by atoms with Gasteiger partial charge in [-0.3, -0.25) is 4.79 Å². The molecule has 0 saturated heterocycles. The van der Waals surface area contributed by atoms with Crippen LogP contribution >= 0.6 is 0 Å². The van der Waals surface area contributed by atoms with E-state index >= 15 is 0 Å². The first-order valence-corrected chi connectivity index (χ1v) is 8.74. The molecular formula is C19H29N5O. The molecule has 2 aromatic rings. The maximum absolute atomic E-state index is 12.1. The number of rotatable bonds is 9. The zero-order valence-corrected chi connectivity index (χ0v) is 15.4. The number of nitrogens with one attached hydrogen (secondary N) is 1. The van der Waals surface area contributed by atoms with E-state index in [1.54, 1.807) is 6.33 Å². The first-order chi connectivity index (χ1) is 12.0. The molecule has 6 heteroatoms. The Morgan fingerprint density at radius 3 is 2.72 bits per heavy atom. The van der Waals surface area contributed by atoms with Crippen molar-refractivity contribution in [3.05, 3.63) is 54.1 Å². The first-order valence-electron chi connectivity index (χ1n) is 8.74. The molecular weight excluding hydrogens is 314 g/mol. The van der Waals surface area contributed by atoms with Crippen molar-refractivity contribution in [3.8, 4) is 0 Å². The normalized spacial score (nSPS) is 12.6. The summed E-state index contributed by atoms with van der Waals surface area (Å²) in [5.74, 6) is -0.130. The average molecular weight is 343 g/mol. The van der Waals surface area contributed by atoms with Crippen LogP contribution in [0.5, 0.6) is 0 Å². The molecule has 1 atom stereocenters. The number of amides is 1. The number of hydrogen-bond donors (Lipinski definition) is 2. The third kappa shape index (κ3) is 6.32. The Morgan fingerprint density at radius 2 is 2.04 bits per heavy atom. The standard InChI is InChI=1S/C19H29N5O/c1-15(2)23(3)10-9-21-19(25)18(20)11-17-13-24(14-22-17)12-16-7-5-4-6-8-16/h4-8,13-15,18H,9-12,20H2,1-3H3,(H,21,25)/t18-/m0/s1. The van der Waals surface area contributed by atoms with Crippen LogP contribution < -0.4 is 11.1 Å². The molecule has 1 aromatic heterocycles. The van der Waals surface area contributed by atoms with Gasteiger partial charge in [-0.05, 0) is 26.5 Å². The predicted molar refractivity (Wildman–Crippen MR) is 100 cm³/mol. The maximum atomic E-state index is 12.1. The van der Waals surface area contributed by atoms with Gasteiger partial charge in [0.1, 0.15) is 0 Å². The number of hydrogen-bond acceptors (Lipinski definition) is 4. The largest absolute Gasteiger partial charge is 0.353 e. The van der Waals surface area contributed by atoms with Crippen molar-refractivity contribution in [2.75, 3.05) is 20.1 Å². The van der Waals surface area contributed by atoms with Crippen LogP contribution in [-0.4, -0.2) is 52.6 Å². The summed E-state index contributed by atoms with van der Waals surface area (Å²) in [6.45, 7) is 6.42. The van der Waals surface area contributed by atoms with Crippen molar-refractivity contribution in [1.29, 1.82) is 0 Å². The molecule has 6 nitrogen and oxygen atoms in total. The van der Waals surface area contributed by atoms with Crippen molar-refractivity contribution in [2.24, 2.45) is 5.73 Å². The van der Waals surface area contributed by atoms with Crippen LogP contribution in [0.25, 0.3) is 0 Å².